The van der Waals surface area contributed by atoms with Crippen LogP contribution in [0, 0.1) is 13.8 Å². The molecule has 0 aliphatic heterocycles. The van der Waals surface area contributed by atoms with E-state index >= 15 is 0 Å². The van der Waals surface area contributed by atoms with Crippen molar-refractivity contribution in [3.63, 3.8) is 0 Å². The molecule has 3 nitrogen and oxygen atoms in total. The summed E-state index contributed by atoms with van der Waals surface area (Å²) >= 11 is 5.82. The van der Waals surface area contributed by atoms with Gasteiger partial charge < -0.3 is 9.73 Å². The van der Waals surface area contributed by atoms with Gasteiger partial charge >= 0.3 is 0 Å². The first kappa shape index (κ1) is 12.0. The average Bonchev–Trinajstić information content (AvgIpc) is 2.69. The SMILES string of the molecule is Cc1ccc(C(C)Nc2cnc(Cl)cc2C)o1. The van der Waals surface area contributed by atoms with E-state index in [0.717, 1.165) is 22.8 Å². The normalized spacial score (nSPS) is 12.5. The second-order valence-electron chi connectivity index (χ2n) is 4.14. The Hall–Kier alpha value is -1.48. The molecule has 2 heterocycles. The van der Waals surface area contributed by atoms with Gasteiger partial charge in [-0.05, 0) is 44.5 Å². The fourth-order valence-electron chi connectivity index (χ4n) is 1.66. The highest BCUT2D eigenvalue weighted by atomic mass is 35.5. The highest BCUT2D eigenvalue weighted by Gasteiger charge is 2.10. The summed E-state index contributed by atoms with van der Waals surface area (Å²) in [6.07, 6.45) is 1.74. The molecule has 0 radical (unpaired) electrons. The Balaban J connectivity index is 2.15. The number of pyridine rings is 1. The summed E-state index contributed by atoms with van der Waals surface area (Å²) in [5.74, 6) is 1.83. The Kier molecular flexibility index (Phi) is 3.38. The summed E-state index contributed by atoms with van der Waals surface area (Å²) in [6, 6.07) is 5.88. The third kappa shape index (κ3) is 2.80. The van der Waals surface area contributed by atoms with Crippen LogP contribution in [-0.4, -0.2) is 4.98 Å². The number of nitrogens with one attached hydrogen (secondary N) is 1. The molecule has 0 spiro atoms. The molecule has 1 atom stereocenters. The smallest absolute Gasteiger partial charge is 0.129 e. The Morgan fingerprint density at radius 2 is 2.12 bits per heavy atom. The van der Waals surface area contributed by atoms with E-state index < -0.39 is 0 Å². The van der Waals surface area contributed by atoms with Gasteiger partial charge in [0.1, 0.15) is 16.7 Å². The van der Waals surface area contributed by atoms with Crippen molar-refractivity contribution in [3.05, 3.63) is 46.6 Å². The van der Waals surface area contributed by atoms with E-state index in [9.17, 15) is 0 Å². The lowest BCUT2D eigenvalue weighted by molar-refractivity contribution is 0.467. The largest absolute Gasteiger partial charge is 0.464 e. The van der Waals surface area contributed by atoms with Gasteiger partial charge in [0.05, 0.1) is 17.9 Å². The number of nitrogens with zero attached hydrogens (tertiary/aromatic N) is 1. The van der Waals surface area contributed by atoms with Gasteiger partial charge in [-0.1, -0.05) is 11.6 Å². The van der Waals surface area contributed by atoms with Crippen molar-refractivity contribution in [1.82, 2.24) is 4.98 Å². The van der Waals surface area contributed by atoms with Gasteiger partial charge in [-0.2, -0.15) is 0 Å². The van der Waals surface area contributed by atoms with Crippen molar-refractivity contribution in [2.75, 3.05) is 5.32 Å². The first-order chi connectivity index (χ1) is 8.06. The molecular formula is C13H15ClN2O. The number of rotatable bonds is 3. The van der Waals surface area contributed by atoms with Crippen LogP contribution < -0.4 is 5.32 Å². The van der Waals surface area contributed by atoms with E-state index in [1.165, 1.54) is 0 Å². The minimum Gasteiger partial charge on any atom is -0.464 e. The van der Waals surface area contributed by atoms with Crippen molar-refractivity contribution in [3.8, 4) is 0 Å². The lowest BCUT2D eigenvalue weighted by atomic mass is 10.2. The highest BCUT2D eigenvalue weighted by Crippen LogP contribution is 2.24. The van der Waals surface area contributed by atoms with Crippen molar-refractivity contribution >= 4 is 17.3 Å². The van der Waals surface area contributed by atoms with Crippen LogP contribution in [-0.2, 0) is 0 Å². The van der Waals surface area contributed by atoms with Crippen LogP contribution in [0.3, 0.4) is 0 Å². The van der Waals surface area contributed by atoms with Crippen LogP contribution in [0.15, 0.2) is 28.8 Å². The number of aromatic nitrogens is 1. The number of furan rings is 1. The van der Waals surface area contributed by atoms with E-state index in [1.54, 1.807) is 6.20 Å². The summed E-state index contributed by atoms with van der Waals surface area (Å²) in [7, 11) is 0. The van der Waals surface area contributed by atoms with E-state index in [0.29, 0.717) is 5.15 Å². The van der Waals surface area contributed by atoms with Gasteiger partial charge in [0.15, 0.2) is 0 Å². The Bertz CT molecular complexity index is 522. The van der Waals surface area contributed by atoms with Gasteiger partial charge in [-0.3, -0.25) is 0 Å². The fourth-order valence-corrected chi connectivity index (χ4v) is 1.88. The molecular weight excluding hydrogens is 236 g/mol. The molecule has 0 bridgehead atoms. The molecule has 0 aliphatic carbocycles. The second kappa shape index (κ2) is 4.80. The zero-order valence-electron chi connectivity index (χ0n) is 10.1. The monoisotopic (exact) mass is 250 g/mol. The quantitative estimate of drug-likeness (QED) is 0.833. The molecule has 0 saturated heterocycles. The first-order valence-corrected chi connectivity index (χ1v) is 5.89. The zero-order chi connectivity index (χ0) is 12.4. The Morgan fingerprint density at radius 1 is 1.35 bits per heavy atom. The highest BCUT2D eigenvalue weighted by molar-refractivity contribution is 6.29. The predicted octanol–water partition coefficient (Wildman–Crippen LogP) is 4.12. The van der Waals surface area contributed by atoms with Gasteiger partial charge in [-0.25, -0.2) is 4.98 Å². The number of aryl methyl sites for hydroxylation is 2. The molecule has 0 aliphatic rings. The molecule has 2 aromatic rings. The molecule has 0 aromatic carbocycles. The number of halogens is 1. The molecule has 17 heavy (non-hydrogen) atoms. The van der Waals surface area contributed by atoms with Crippen molar-refractivity contribution in [2.45, 2.75) is 26.8 Å². The van der Waals surface area contributed by atoms with Gasteiger partial charge in [-0.15, -0.1) is 0 Å². The second-order valence-corrected chi connectivity index (χ2v) is 4.52. The molecule has 0 saturated carbocycles. The average molecular weight is 251 g/mol. The van der Waals surface area contributed by atoms with Gasteiger partial charge in [0.25, 0.3) is 0 Å². The Morgan fingerprint density at radius 3 is 2.71 bits per heavy atom. The lowest BCUT2D eigenvalue weighted by Gasteiger charge is -2.14. The maximum Gasteiger partial charge on any atom is 0.129 e. The predicted molar refractivity (Wildman–Crippen MR) is 69.5 cm³/mol. The minimum atomic E-state index is 0.102. The summed E-state index contributed by atoms with van der Waals surface area (Å²) in [6.45, 7) is 5.98. The molecule has 1 N–H and O–H groups in total. The maximum atomic E-state index is 5.82. The van der Waals surface area contributed by atoms with Crippen molar-refractivity contribution in [2.24, 2.45) is 0 Å². The van der Waals surface area contributed by atoms with Gasteiger partial charge in [0, 0.05) is 0 Å². The van der Waals surface area contributed by atoms with E-state index in [4.69, 9.17) is 16.0 Å². The van der Waals surface area contributed by atoms with Gasteiger partial charge in [0.2, 0.25) is 0 Å². The molecule has 2 aromatic heterocycles. The van der Waals surface area contributed by atoms with Crippen LogP contribution in [0.1, 0.15) is 30.0 Å². The summed E-state index contributed by atoms with van der Waals surface area (Å²) in [5.41, 5.74) is 2.04. The lowest BCUT2D eigenvalue weighted by Crippen LogP contribution is -2.07. The number of hydrogen-bond donors (Lipinski definition) is 1. The maximum absolute atomic E-state index is 5.82. The van der Waals surface area contributed by atoms with Crippen LogP contribution in [0.25, 0.3) is 0 Å². The zero-order valence-corrected chi connectivity index (χ0v) is 10.9. The van der Waals surface area contributed by atoms with Crippen LogP contribution in [0.4, 0.5) is 5.69 Å². The van der Waals surface area contributed by atoms with E-state index in [2.05, 4.69) is 10.3 Å². The van der Waals surface area contributed by atoms with Crippen molar-refractivity contribution in [1.29, 1.82) is 0 Å². The summed E-state index contributed by atoms with van der Waals surface area (Å²) in [4.78, 5) is 4.06. The third-order valence-electron chi connectivity index (χ3n) is 2.64. The van der Waals surface area contributed by atoms with E-state index in [-0.39, 0.29) is 6.04 Å². The van der Waals surface area contributed by atoms with Crippen molar-refractivity contribution < 1.29 is 4.42 Å². The topological polar surface area (TPSA) is 38.1 Å². The molecule has 0 fully saturated rings. The molecule has 2 rings (SSSR count). The summed E-state index contributed by atoms with van der Waals surface area (Å²) < 4.78 is 5.57. The molecule has 90 valence electrons. The molecule has 4 heteroatoms. The summed E-state index contributed by atoms with van der Waals surface area (Å²) in [5, 5.41) is 3.86. The Labute approximate surface area is 106 Å². The number of hydrogen-bond acceptors (Lipinski definition) is 3. The minimum absolute atomic E-state index is 0.102. The molecule has 1 unspecified atom stereocenters. The van der Waals surface area contributed by atoms with Crippen LogP contribution in [0.2, 0.25) is 5.15 Å². The van der Waals surface area contributed by atoms with Crippen LogP contribution in [0.5, 0.6) is 0 Å². The molecule has 0 amide bonds. The van der Waals surface area contributed by atoms with E-state index in [1.807, 2.05) is 39.0 Å². The van der Waals surface area contributed by atoms with Crippen LogP contribution >= 0.6 is 11.6 Å². The third-order valence-corrected chi connectivity index (χ3v) is 2.84. The first-order valence-electron chi connectivity index (χ1n) is 5.51. The standard InChI is InChI=1S/C13H15ClN2O/c1-8-6-13(14)15-7-11(8)16-10(3)12-5-4-9(2)17-12/h4-7,10,16H,1-3H3. The fraction of sp³-hybridized carbons (Fsp3) is 0.308. The number of anilines is 1.